The summed E-state index contributed by atoms with van der Waals surface area (Å²) < 4.78 is 7.33. The predicted octanol–water partition coefficient (Wildman–Crippen LogP) is 3.31. The first-order chi connectivity index (χ1) is 12.1. The van der Waals surface area contributed by atoms with E-state index >= 15 is 0 Å². The fourth-order valence-corrected chi connectivity index (χ4v) is 2.71. The third-order valence-electron chi connectivity index (χ3n) is 3.88. The van der Waals surface area contributed by atoms with Crippen molar-refractivity contribution < 1.29 is 4.74 Å². The van der Waals surface area contributed by atoms with Crippen LogP contribution in [-0.4, -0.2) is 39.8 Å². The molecule has 0 aliphatic rings. The Morgan fingerprint density at radius 2 is 2.08 bits per heavy atom. The van der Waals surface area contributed by atoms with Crippen LogP contribution in [0.5, 0.6) is 5.75 Å². The lowest BCUT2D eigenvalue weighted by molar-refractivity contribution is 0.381. The second-order valence-electron chi connectivity index (χ2n) is 6.50. The van der Waals surface area contributed by atoms with Crippen molar-refractivity contribution in [3.05, 3.63) is 48.5 Å². The minimum atomic E-state index is 0.562. The fourth-order valence-electron chi connectivity index (χ4n) is 2.47. The molecule has 2 aromatic rings. The van der Waals surface area contributed by atoms with Crippen LogP contribution in [0, 0.1) is 5.92 Å². The molecule has 0 radical (unpaired) electrons. The number of rotatable bonds is 9. The van der Waals surface area contributed by atoms with Gasteiger partial charge < -0.3 is 19.5 Å². The Labute approximate surface area is 156 Å². The van der Waals surface area contributed by atoms with Crippen LogP contribution in [0.25, 0.3) is 0 Å². The van der Waals surface area contributed by atoms with Crippen molar-refractivity contribution in [2.75, 3.05) is 20.2 Å². The zero-order valence-electron chi connectivity index (χ0n) is 15.3. The summed E-state index contributed by atoms with van der Waals surface area (Å²) in [6, 6.07) is 8.16. The van der Waals surface area contributed by atoms with Gasteiger partial charge in [0.25, 0.3) is 0 Å². The van der Waals surface area contributed by atoms with Crippen LogP contribution in [0.1, 0.15) is 25.8 Å². The smallest absolute Gasteiger partial charge is 0.169 e. The first kappa shape index (κ1) is 19.2. The summed E-state index contributed by atoms with van der Waals surface area (Å²) in [5.74, 6) is 1.43. The Hall–Kier alpha value is -2.08. The van der Waals surface area contributed by atoms with Crippen LogP contribution in [-0.2, 0) is 13.1 Å². The summed E-state index contributed by atoms with van der Waals surface area (Å²) in [5, 5.41) is 4.20. The summed E-state index contributed by atoms with van der Waals surface area (Å²) in [5.41, 5.74) is 1.22. The molecule has 0 spiro atoms. The van der Waals surface area contributed by atoms with Crippen LogP contribution in [0.4, 0.5) is 0 Å². The van der Waals surface area contributed by atoms with Gasteiger partial charge in [-0.15, -0.1) is 0 Å². The fraction of sp³-hybridized carbons (Fsp3) is 0.474. The minimum Gasteiger partial charge on any atom is -0.497 e. The molecule has 0 saturated heterocycles. The van der Waals surface area contributed by atoms with E-state index < -0.39 is 0 Å². The predicted molar refractivity (Wildman–Crippen MR) is 106 cm³/mol. The molecule has 1 heterocycles. The van der Waals surface area contributed by atoms with Crippen LogP contribution in [0.15, 0.2) is 43.0 Å². The highest BCUT2D eigenvalue weighted by atomic mass is 32.1. The molecular formula is C19H28N4OS. The number of nitrogens with one attached hydrogen (secondary N) is 1. The molecule has 0 bridgehead atoms. The van der Waals surface area contributed by atoms with Crippen LogP contribution < -0.4 is 10.1 Å². The topological polar surface area (TPSA) is 42.3 Å². The second kappa shape index (κ2) is 10.0. The number of ether oxygens (including phenoxy) is 1. The summed E-state index contributed by atoms with van der Waals surface area (Å²) in [7, 11) is 1.68. The van der Waals surface area contributed by atoms with Gasteiger partial charge in [0.2, 0.25) is 0 Å². The maximum atomic E-state index is 5.63. The molecule has 0 aliphatic carbocycles. The molecule has 2 rings (SSSR count). The SMILES string of the molecule is COc1ccc(CN(CCCn2ccnc2)C(=S)NCC(C)C)cc1. The average molecular weight is 361 g/mol. The normalized spacial score (nSPS) is 10.7. The van der Waals surface area contributed by atoms with Gasteiger partial charge in [-0.3, -0.25) is 0 Å². The molecule has 0 saturated carbocycles. The van der Waals surface area contributed by atoms with Crippen molar-refractivity contribution in [3.8, 4) is 5.75 Å². The van der Waals surface area contributed by atoms with Crippen molar-refractivity contribution in [3.63, 3.8) is 0 Å². The van der Waals surface area contributed by atoms with E-state index in [9.17, 15) is 0 Å². The first-order valence-corrected chi connectivity index (χ1v) is 9.10. The summed E-state index contributed by atoms with van der Waals surface area (Å²) in [6.07, 6.45) is 6.66. The van der Waals surface area contributed by atoms with E-state index in [1.165, 1.54) is 5.56 Å². The number of aromatic nitrogens is 2. The number of methoxy groups -OCH3 is 1. The van der Waals surface area contributed by atoms with Crippen LogP contribution in [0.2, 0.25) is 0 Å². The maximum Gasteiger partial charge on any atom is 0.169 e. The molecule has 0 unspecified atom stereocenters. The quantitative estimate of drug-likeness (QED) is 0.695. The Morgan fingerprint density at radius 3 is 2.68 bits per heavy atom. The molecular weight excluding hydrogens is 332 g/mol. The van der Waals surface area contributed by atoms with E-state index in [2.05, 4.69) is 45.7 Å². The number of aryl methyl sites for hydroxylation is 1. The van der Waals surface area contributed by atoms with E-state index in [1.54, 1.807) is 7.11 Å². The number of nitrogens with zero attached hydrogens (tertiary/aromatic N) is 3. The third-order valence-corrected chi connectivity index (χ3v) is 4.29. The van der Waals surface area contributed by atoms with Crippen molar-refractivity contribution in [2.24, 2.45) is 5.92 Å². The Kier molecular flexibility index (Phi) is 7.73. The molecule has 1 N–H and O–H groups in total. The Morgan fingerprint density at radius 1 is 1.32 bits per heavy atom. The Balaban J connectivity index is 1.95. The van der Waals surface area contributed by atoms with Gasteiger partial charge in [-0.2, -0.15) is 0 Å². The van der Waals surface area contributed by atoms with Gasteiger partial charge in [0.05, 0.1) is 13.4 Å². The van der Waals surface area contributed by atoms with E-state index in [1.807, 2.05) is 30.9 Å². The van der Waals surface area contributed by atoms with Gasteiger partial charge >= 0.3 is 0 Å². The molecule has 0 amide bonds. The largest absolute Gasteiger partial charge is 0.497 e. The number of thiocarbonyl (C=S) groups is 1. The molecule has 136 valence electrons. The lowest BCUT2D eigenvalue weighted by Crippen LogP contribution is -2.41. The average Bonchev–Trinajstić information content (AvgIpc) is 3.12. The van der Waals surface area contributed by atoms with Crippen molar-refractivity contribution in [2.45, 2.75) is 33.4 Å². The second-order valence-corrected chi connectivity index (χ2v) is 6.89. The van der Waals surface area contributed by atoms with E-state index in [0.717, 1.165) is 43.5 Å². The molecule has 0 atom stereocenters. The number of imidazole rings is 1. The highest BCUT2D eigenvalue weighted by Gasteiger charge is 2.11. The number of benzene rings is 1. The third kappa shape index (κ3) is 6.74. The molecule has 1 aromatic heterocycles. The highest BCUT2D eigenvalue weighted by molar-refractivity contribution is 7.80. The van der Waals surface area contributed by atoms with Crippen LogP contribution in [0.3, 0.4) is 0 Å². The number of hydrogen-bond donors (Lipinski definition) is 1. The zero-order valence-corrected chi connectivity index (χ0v) is 16.1. The van der Waals surface area contributed by atoms with Gasteiger partial charge in [0, 0.05) is 38.6 Å². The molecule has 1 aromatic carbocycles. The molecule has 0 aliphatic heterocycles. The van der Waals surface area contributed by atoms with Gasteiger partial charge in [0.15, 0.2) is 5.11 Å². The molecule has 0 fully saturated rings. The lowest BCUT2D eigenvalue weighted by Gasteiger charge is -2.27. The minimum absolute atomic E-state index is 0.562. The number of hydrogen-bond acceptors (Lipinski definition) is 3. The summed E-state index contributed by atoms with van der Waals surface area (Å²) >= 11 is 5.63. The molecule has 5 nitrogen and oxygen atoms in total. The van der Waals surface area contributed by atoms with Gasteiger partial charge in [-0.25, -0.2) is 4.98 Å². The maximum absolute atomic E-state index is 5.63. The highest BCUT2D eigenvalue weighted by Crippen LogP contribution is 2.13. The first-order valence-electron chi connectivity index (χ1n) is 8.70. The van der Waals surface area contributed by atoms with E-state index in [4.69, 9.17) is 17.0 Å². The Bertz CT molecular complexity index is 625. The van der Waals surface area contributed by atoms with Gasteiger partial charge in [-0.1, -0.05) is 26.0 Å². The monoisotopic (exact) mass is 360 g/mol. The van der Waals surface area contributed by atoms with Crippen molar-refractivity contribution in [1.29, 1.82) is 0 Å². The lowest BCUT2D eigenvalue weighted by atomic mass is 10.2. The van der Waals surface area contributed by atoms with Gasteiger partial charge in [-0.05, 0) is 42.3 Å². The molecule has 6 heteroatoms. The zero-order chi connectivity index (χ0) is 18.1. The van der Waals surface area contributed by atoms with Gasteiger partial charge in [0.1, 0.15) is 5.75 Å². The van der Waals surface area contributed by atoms with Crippen molar-refractivity contribution in [1.82, 2.24) is 19.8 Å². The van der Waals surface area contributed by atoms with Crippen LogP contribution >= 0.6 is 12.2 Å². The summed E-state index contributed by atoms with van der Waals surface area (Å²) in [4.78, 5) is 6.32. The van der Waals surface area contributed by atoms with E-state index in [-0.39, 0.29) is 0 Å². The van der Waals surface area contributed by atoms with E-state index in [0.29, 0.717) is 5.92 Å². The summed E-state index contributed by atoms with van der Waals surface area (Å²) in [6.45, 7) is 7.88. The molecule has 25 heavy (non-hydrogen) atoms. The van der Waals surface area contributed by atoms with Crippen molar-refractivity contribution >= 4 is 17.3 Å². The standard InChI is InChI=1S/C19H28N4OS/c1-16(2)13-21-19(25)23(11-4-10-22-12-9-20-15-22)14-17-5-7-18(24-3)8-6-17/h5-9,12,15-16H,4,10-11,13-14H2,1-3H3,(H,21,25).